The molecule has 0 spiro atoms. The summed E-state index contributed by atoms with van der Waals surface area (Å²) in [5, 5.41) is 2.69. The van der Waals surface area contributed by atoms with Gasteiger partial charge in [0.25, 0.3) is 0 Å². The quantitative estimate of drug-likeness (QED) is 0.589. The van der Waals surface area contributed by atoms with Gasteiger partial charge in [-0.3, -0.25) is 4.79 Å². The van der Waals surface area contributed by atoms with E-state index in [9.17, 15) is 9.59 Å². The van der Waals surface area contributed by atoms with Crippen LogP contribution in [0.2, 0.25) is 0 Å². The number of carbonyl (C=O) groups excluding carboxylic acids is 2. The molecular weight excluding hydrogens is 222 g/mol. The SMILES string of the molecule is C=C[C@H]1CC(=O)OC[C@H]1NC(=O)OC(C)(C)C. The molecule has 0 aliphatic carbocycles. The minimum Gasteiger partial charge on any atom is -0.463 e. The molecule has 0 radical (unpaired) electrons. The van der Waals surface area contributed by atoms with Crippen LogP contribution < -0.4 is 5.32 Å². The van der Waals surface area contributed by atoms with Crippen LogP contribution in [0.25, 0.3) is 0 Å². The molecule has 0 aromatic carbocycles. The molecule has 1 aliphatic heterocycles. The van der Waals surface area contributed by atoms with Crippen LogP contribution in [-0.2, 0) is 14.3 Å². The van der Waals surface area contributed by atoms with Crippen molar-refractivity contribution in [1.82, 2.24) is 5.32 Å². The molecule has 1 aliphatic rings. The van der Waals surface area contributed by atoms with E-state index in [0.29, 0.717) is 0 Å². The predicted octanol–water partition coefficient (Wildman–Crippen LogP) is 1.63. The summed E-state index contributed by atoms with van der Waals surface area (Å²) in [6.07, 6.45) is 1.39. The molecule has 96 valence electrons. The highest BCUT2D eigenvalue weighted by molar-refractivity contribution is 5.72. The van der Waals surface area contributed by atoms with Crippen LogP contribution in [0.4, 0.5) is 4.79 Å². The summed E-state index contributed by atoms with van der Waals surface area (Å²) in [5.74, 6) is -0.374. The Morgan fingerprint density at radius 2 is 2.24 bits per heavy atom. The van der Waals surface area contributed by atoms with Crippen molar-refractivity contribution in [1.29, 1.82) is 0 Å². The van der Waals surface area contributed by atoms with Gasteiger partial charge in [0.05, 0.1) is 12.5 Å². The number of hydrogen-bond donors (Lipinski definition) is 1. The summed E-state index contributed by atoms with van der Waals surface area (Å²) in [6, 6.07) is -0.264. The van der Waals surface area contributed by atoms with Crippen molar-refractivity contribution >= 4 is 12.1 Å². The third-order valence-corrected chi connectivity index (χ3v) is 2.35. The molecule has 2 atom stereocenters. The Balaban J connectivity index is 2.52. The smallest absolute Gasteiger partial charge is 0.408 e. The number of hydrogen-bond acceptors (Lipinski definition) is 4. The van der Waals surface area contributed by atoms with Gasteiger partial charge in [-0.25, -0.2) is 4.79 Å². The largest absolute Gasteiger partial charge is 0.463 e. The number of nitrogens with one attached hydrogen (secondary N) is 1. The third-order valence-electron chi connectivity index (χ3n) is 2.35. The van der Waals surface area contributed by atoms with Gasteiger partial charge >= 0.3 is 12.1 Å². The first kappa shape index (κ1) is 13.5. The zero-order valence-electron chi connectivity index (χ0n) is 10.5. The normalized spacial score (nSPS) is 24.8. The number of rotatable bonds is 2. The molecule has 0 bridgehead atoms. The van der Waals surface area contributed by atoms with Crippen LogP contribution >= 0.6 is 0 Å². The predicted molar refractivity (Wildman–Crippen MR) is 62.4 cm³/mol. The zero-order chi connectivity index (χ0) is 13.1. The second-order valence-corrected chi connectivity index (χ2v) is 5.04. The number of cyclic esters (lactones) is 1. The third kappa shape index (κ3) is 4.46. The molecule has 1 amide bonds. The fraction of sp³-hybridized carbons (Fsp3) is 0.667. The summed E-state index contributed by atoms with van der Waals surface area (Å²) in [5.41, 5.74) is -0.543. The molecule has 1 rings (SSSR count). The van der Waals surface area contributed by atoms with Crippen LogP contribution in [0.3, 0.4) is 0 Å². The van der Waals surface area contributed by atoms with Crippen molar-refractivity contribution in [3.8, 4) is 0 Å². The molecule has 17 heavy (non-hydrogen) atoms. The highest BCUT2D eigenvalue weighted by Crippen LogP contribution is 2.18. The Morgan fingerprint density at radius 3 is 2.76 bits per heavy atom. The lowest BCUT2D eigenvalue weighted by atomic mass is 9.95. The number of esters is 1. The van der Waals surface area contributed by atoms with E-state index >= 15 is 0 Å². The van der Waals surface area contributed by atoms with Gasteiger partial charge in [-0.2, -0.15) is 0 Å². The number of alkyl carbamates (subject to hydrolysis) is 1. The van der Waals surface area contributed by atoms with Crippen LogP contribution in [-0.4, -0.2) is 30.3 Å². The van der Waals surface area contributed by atoms with Crippen molar-refractivity contribution in [2.45, 2.75) is 38.8 Å². The van der Waals surface area contributed by atoms with Crippen LogP contribution in [0.15, 0.2) is 12.7 Å². The molecule has 1 fully saturated rings. The van der Waals surface area contributed by atoms with E-state index < -0.39 is 11.7 Å². The van der Waals surface area contributed by atoms with Crippen molar-refractivity contribution in [2.75, 3.05) is 6.61 Å². The molecule has 0 aromatic heterocycles. The average Bonchev–Trinajstić information content (AvgIpc) is 2.17. The number of ether oxygens (including phenoxy) is 2. The van der Waals surface area contributed by atoms with E-state index in [1.54, 1.807) is 26.8 Å². The molecule has 5 nitrogen and oxygen atoms in total. The summed E-state index contributed by atoms with van der Waals surface area (Å²) in [6.45, 7) is 9.18. The lowest BCUT2D eigenvalue weighted by molar-refractivity contribution is -0.149. The second kappa shape index (κ2) is 5.21. The second-order valence-electron chi connectivity index (χ2n) is 5.04. The fourth-order valence-corrected chi connectivity index (χ4v) is 1.56. The highest BCUT2D eigenvalue weighted by Gasteiger charge is 2.31. The van der Waals surface area contributed by atoms with Gasteiger partial charge in [-0.15, -0.1) is 6.58 Å². The van der Waals surface area contributed by atoms with Crippen molar-refractivity contribution in [2.24, 2.45) is 5.92 Å². The molecular formula is C12H19NO4. The Bertz CT molecular complexity index is 319. The first-order chi connectivity index (χ1) is 7.81. The molecule has 0 aromatic rings. The summed E-state index contributed by atoms with van der Waals surface area (Å²) < 4.78 is 10.0. The average molecular weight is 241 g/mol. The maximum absolute atomic E-state index is 11.6. The lowest BCUT2D eigenvalue weighted by Gasteiger charge is -2.30. The molecule has 1 N–H and O–H groups in total. The fourth-order valence-electron chi connectivity index (χ4n) is 1.56. The van der Waals surface area contributed by atoms with Gasteiger partial charge in [0.15, 0.2) is 0 Å². The molecule has 0 saturated carbocycles. The standard InChI is InChI=1S/C12H19NO4/c1-5-8-6-10(14)16-7-9(8)13-11(15)17-12(2,3)4/h5,8-9H,1,6-7H2,2-4H3,(H,13,15)/t8-,9+/m0/s1. The maximum atomic E-state index is 11.6. The first-order valence-electron chi connectivity index (χ1n) is 5.59. The Labute approximate surface area is 101 Å². The van der Waals surface area contributed by atoms with Gasteiger partial charge in [-0.1, -0.05) is 6.08 Å². The van der Waals surface area contributed by atoms with Crippen molar-refractivity contribution in [3.63, 3.8) is 0 Å². The zero-order valence-corrected chi connectivity index (χ0v) is 10.5. The van der Waals surface area contributed by atoms with Gasteiger partial charge in [0.1, 0.15) is 12.2 Å². The van der Waals surface area contributed by atoms with E-state index in [-0.39, 0.29) is 31.0 Å². The van der Waals surface area contributed by atoms with E-state index in [4.69, 9.17) is 9.47 Å². The minimum absolute atomic E-state index is 0.108. The topological polar surface area (TPSA) is 64.6 Å². The molecule has 1 saturated heterocycles. The van der Waals surface area contributed by atoms with Crippen molar-refractivity contribution in [3.05, 3.63) is 12.7 Å². The molecule has 1 heterocycles. The van der Waals surface area contributed by atoms with E-state index in [1.807, 2.05) is 0 Å². The lowest BCUT2D eigenvalue weighted by Crippen LogP contribution is -2.48. The Hall–Kier alpha value is -1.52. The van der Waals surface area contributed by atoms with Gasteiger partial charge in [-0.05, 0) is 20.8 Å². The minimum atomic E-state index is -0.543. The van der Waals surface area contributed by atoms with E-state index in [2.05, 4.69) is 11.9 Å². The van der Waals surface area contributed by atoms with E-state index in [1.165, 1.54) is 0 Å². The summed E-state index contributed by atoms with van der Waals surface area (Å²) in [7, 11) is 0. The van der Waals surface area contributed by atoms with Crippen LogP contribution in [0.1, 0.15) is 27.2 Å². The summed E-state index contributed by atoms with van der Waals surface area (Å²) >= 11 is 0. The maximum Gasteiger partial charge on any atom is 0.408 e. The van der Waals surface area contributed by atoms with Gasteiger partial charge in [0.2, 0.25) is 0 Å². The number of amides is 1. The van der Waals surface area contributed by atoms with Gasteiger partial charge in [0, 0.05) is 5.92 Å². The number of carbonyl (C=O) groups is 2. The van der Waals surface area contributed by atoms with Gasteiger partial charge < -0.3 is 14.8 Å². The van der Waals surface area contributed by atoms with E-state index in [0.717, 1.165) is 0 Å². The Kier molecular flexibility index (Phi) is 4.15. The highest BCUT2D eigenvalue weighted by atomic mass is 16.6. The molecule has 0 unspecified atom stereocenters. The van der Waals surface area contributed by atoms with Crippen LogP contribution in [0, 0.1) is 5.92 Å². The Morgan fingerprint density at radius 1 is 1.59 bits per heavy atom. The van der Waals surface area contributed by atoms with Crippen LogP contribution in [0.5, 0.6) is 0 Å². The first-order valence-corrected chi connectivity index (χ1v) is 5.59. The van der Waals surface area contributed by atoms with Crippen molar-refractivity contribution < 1.29 is 19.1 Å². The monoisotopic (exact) mass is 241 g/mol. The molecule has 5 heteroatoms. The summed E-state index contributed by atoms with van der Waals surface area (Å²) in [4.78, 5) is 22.6.